The molecule has 0 fully saturated rings. The van der Waals surface area contributed by atoms with Gasteiger partial charge in [-0.2, -0.15) is 0 Å². The highest BCUT2D eigenvalue weighted by Crippen LogP contribution is 2.24. The number of aryl methyl sites for hydroxylation is 2. The Morgan fingerprint density at radius 1 is 0.815 bits per heavy atom. The summed E-state index contributed by atoms with van der Waals surface area (Å²) in [6.45, 7) is 3.68. The Balaban J connectivity index is 1.87. The zero-order valence-electron chi connectivity index (χ0n) is 15.1. The van der Waals surface area contributed by atoms with Gasteiger partial charge in [-0.25, -0.2) is 8.42 Å². The molecular formula is C21H20N2O3S. The largest absolute Gasteiger partial charge is 0.322 e. The summed E-state index contributed by atoms with van der Waals surface area (Å²) in [5, 5.41) is 2.75. The number of carbonyl (C=O) groups is 1. The molecule has 0 unspecified atom stereocenters. The molecule has 0 aliphatic heterocycles. The molecular weight excluding hydrogens is 360 g/mol. The van der Waals surface area contributed by atoms with E-state index in [1.165, 1.54) is 12.1 Å². The van der Waals surface area contributed by atoms with Gasteiger partial charge in [0.15, 0.2) is 0 Å². The molecule has 0 aliphatic rings. The van der Waals surface area contributed by atoms with Crippen LogP contribution in [0.15, 0.2) is 77.7 Å². The Morgan fingerprint density at radius 2 is 1.44 bits per heavy atom. The highest BCUT2D eigenvalue weighted by atomic mass is 32.2. The Hall–Kier alpha value is -3.12. The van der Waals surface area contributed by atoms with Crippen LogP contribution in [-0.4, -0.2) is 14.3 Å². The molecule has 0 saturated heterocycles. The lowest BCUT2D eigenvalue weighted by atomic mass is 10.1. The average molecular weight is 380 g/mol. The van der Waals surface area contributed by atoms with Crippen molar-refractivity contribution in [1.82, 2.24) is 0 Å². The van der Waals surface area contributed by atoms with Crippen molar-refractivity contribution < 1.29 is 13.2 Å². The molecule has 0 radical (unpaired) electrons. The Kier molecular flexibility index (Phi) is 5.28. The summed E-state index contributed by atoms with van der Waals surface area (Å²) in [6, 6.07) is 20.5. The van der Waals surface area contributed by atoms with Gasteiger partial charge in [0.25, 0.3) is 15.9 Å². The molecule has 0 saturated carbocycles. The minimum absolute atomic E-state index is 0.0332. The predicted molar refractivity (Wildman–Crippen MR) is 108 cm³/mol. The Bertz CT molecular complexity index is 1060. The van der Waals surface area contributed by atoms with Crippen molar-refractivity contribution in [3.05, 3.63) is 89.5 Å². The van der Waals surface area contributed by atoms with Gasteiger partial charge in [-0.05, 0) is 55.3 Å². The maximum absolute atomic E-state index is 12.8. The highest BCUT2D eigenvalue weighted by molar-refractivity contribution is 7.92. The summed E-state index contributed by atoms with van der Waals surface area (Å²) >= 11 is 0. The summed E-state index contributed by atoms with van der Waals surface area (Å²) in [5.74, 6) is -0.370. The minimum atomic E-state index is -3.82. The fourth-order valence-electron chi connectivity index (χ4n) is 2.70. The zero-order chi connectivity index (χ0) is 19.4. The number of hydrogen-bond acceptors (Lipinski definition) is 3. The maximum atomic E-state index is 12.8. The molecule has 3 rings (SSSR count). The van der Waals surface area contributed by atoms with Crippen LogP contribution in [0.25, 0.3) is 0 Å². The van der Waals surface area contributed by atoms with Gasteiger partial charge in [0, 0.05) is 11.3 Å². The highest BCUT2D eigenvalue weighted by Gasteiger charge is 2.18. The lowest BCUT2D eigenvalue weighted by Gasteiger charge is -2.14. The van der Waals surface area contributed by atoms with Gasteiger partial charge >= 0.3 is 0 Å². The van der Waals surface area contributed by atoms with Crippen molar-refractivity contribution >= 4 is 27.3 Å². The number of sulfonamides is 1. The minimum Gasteiger partial charge on any atom is -0.322 e. The van der Waals surface area contributed by atoms with Crippen molar-refractivity contribution in [2.45, 2.75) is 18.7 Å². The van der Waals surface area contributed by atoms with Crippen molar-refractivity contribution in [2.75, 3.05) is 10.0 Å². The summed E-state index contributed by atoms with van der Waals surface area (Å²) in [4.78, 5) is 12.5. The zero-order valence-corrected chi connectivity index (χ0v) is 15.9. The smallest absolute Gasteiger partial charge is 0.261 e. The van der Waals surface area contributed by atoms with E-state index in [1.54, 1.807) is 24.3 Å². The van der Waals surface area contributed by atoms with Gasteiger partial charge in [-0.1, -0.05) is 42.5 Å². The fourth-order valence-corrected chi connectivity index (χ4v) is 3.95. The van der Waals surface area contributed by atoms with Crippen LogP contribution in [0.4, 0.5) is 11.4 Å². The summed E-state index contributed by atoms with van der Waals surface area (Å²) in [5.41, 5.74) is 3.12. The molecule has 0 heterocycles. The van der Waals surface area contributed by atoms with Gasteiger partial charge in [0.05, 0.1) is 10.6 Å². The van der Waals surface area contributed by atoms with E-state index in [2.05, 4.69) is 10.0 Å². The normalized spacial score (nSPS) is 11.0. The first-order chi connectivity index (χ1) is 12.9. The Labute approximate surface area is 159 Å². The lowest BCUT2D eigenvalue weighted by molar-refractivity contribution is 0.102. The predicted octanol–water partition coefficient (Wildman–Crippen LogP) is 4.36. The summed E-state index contributed by atoms with van der Waals surface area (Å²) in [7, 11) is -3.82. The number of amides is 1. The van der Waals surface area contributed by atoms with Crippen LogP contribution in [0.1, 0.15) is 21.5 Å². The molecule has 3 aromatic rings. The van der Waals surface area contributed by atoms with Crippen LogP contribution in [-0.2, 0) is 10.0 Å². The fraction of sp³-hybridized carbons (Fsp3) is 0.0952. The van der Waals surface area contributed by atoms with E-state index in [0.717, 1.165) is 11.1 Å². The third-order valence-electron chi connectivity index (χ3n) is 4.16. The number of rotatable bonds is 5. The topological polar surface area (TPSA) is 75.3 Å². The third-order valence-corrected chi connectivity index (χ3v) is 5.50. The molecule has 5 nitrogen and oxygen atoms in total. The number of nitrogens with one attached hydrogen (secondary N) is 2. The molecule has 27 heavy (non-hydrogen) atoms. The average Bonchev–Trinajstić information content (AvgIpc) is 2.66. The van der Waals surface area contributed by atoms with Crippen LogP contribution in [0.5, 0.6) is 0 Å². The molecule has 2 N–H and O–H groups in total. The van der Waals surface area contributed by atoms with Crippen molar-refractivity contribution in [3.63, 3.8) is 0 Å². The molecule has 0 spiro atoms. The number of carbonyl (C=O) groups excluding carboxylic acids is 1. The quantitative estimate of drug-likeness (QED) is 0.691. The molecule has 3 aromatic carbocycles. The van der Waals surface area contributed by atoms with Crippen molar-refractivity contribution in [3.8, 4) is 0 Å². The van der Waals surface area contributed by atoms with Crippen LogP contribution < -0.4 is 10.0 Å². The van der Waals surface area contributed by atoms with Crippen LogP contribution in [0.2, 0.25) is 0 Å². The summed E-state index contributed by atoms with van der Waals surface area (Å²) in [6.07, 6.45) is 0. The van der Waals surface area contributed by atoms with Gasteiger partial charge in [-0.15, -0.1) is 0 Å². The molecule has 0 aliphatic carbocycles. The molecule has 138 valence electrons. The van der Waals surface area contributed by atoms with E-state index < -0.39 is 10.0 Å². The van der Waals surface area contributed by atoms with Gasteiger partial charge in [-0.3, -0.25) is 9.52 Å². The SMILES string of the molecule is Cc1cccc(C)c1NS(=O)(=O)c1cccc(C(=O)Nc2ccccc2)c1. The lowest BCUT2D eigenvalue weighted by Crippen LogP contribution is -2.17. The summed E-state index contributed by atoms with van der Waals surface area (Å²) < 4.78 is 28.2. The first-order valence-electron chi connectivity index (χ1n) is 8.42. The first kappa shape index (κ1) is 18.7. The van der Waals surface area contributed by atoms with Crippen LogP contribution in [0.3, 0.4) is 0 Å². The van der Waals surface area contributed by atoms with E-state index in [-0.39, 0.29) is 16.4 Å². The van der Waals surface area contributed by atoms with E-state index in [1.807, 2.05) is 50.2 Å². The van der Waals surface area contributed by atoms with E-state index in [4.69, 9.17) is 0 Å². The van der Waals surface area contributed by atoms with E-state index in [0.29, 0.717) is 11.4 Å². The van der Waals surface area contributed by atoms with Crippen molar-refractivity contribution in [1.29, 1.82) is 0 Å². The van der Waals surface area contributed by atoms with Gasteiger partial charge in [0.2, 0.25) is 0 Å². The Morgan fingerprint density at radius 3 is 2.11 bits per heavy atom. The van der Waals surface area contributed by atoms with Gasteiger partial charge < -0.3 is 5.32 Å². The number of benzene rings is 3. The standard InChI is InChI=1S/C21H20N2O3S/c1-15-8-6-9-16(2)20(15)23-27(25,26)19-13-7-10-17(14-19)21(24)22-18-11-4-3-5-12-18/h3-14,23H,1-2H3,(H,22,24). The number of para-hydroxylation sites is 2. The molecule has 1 amide bonds. The van der Waals surface area contributed by atoms with Crippen LogP contribution >= 0.6 is 0 Å². The number of hydrogen-bond donors (Lipinski definition) is 2. The van der Waals surface area contributed by atoms with Gasteiger partial charge in [0.1, 0.15) is 0 Å². The molecule has 6 heteroatoms. The third kappa shape index (κ3) is 4.35. The monoisotopic (exact) mass is 380 g/mol. The molecule has 0 bridgehead atoms. The second-order valence-electron chi connectivity index (χ2n) is 6.22. The number of anilines is 2. The molecule has 0 atom stereocenters. The van der Waals surface area contributed by atoms with E-state index >= 15 is 0 Å². The van der Waals surface area contributed by atoms with Crippen LogP contribution in [0, 0.1) is 13.8 Å². The maximum Gasteiger partial charge on any atom is 0.261 e. The second kappa shape index (κ2) is 7.63. The molecule has 0 aromatic heterocycles. The first-order valence-corrected chi connectivity index (χ1v) is 9.90. The van der Waals surface area contributed by atoms with E-state index in [9.17, 15) is 13.2 Å². The second-order valence-corrected chi connectivity index (χ2v) is 7.90. The van der Waals surface area contributed by atoms with Crippen molar-refractivity contribution in [2.24, 2.45) is 0 Å².